The molecule has 2 aliphatic rings. The standard InChI is InChI=1S/C24H30N2O4/c1-28-13-14-30-21-8-7-18(15-22(21)29-2)16-26-12-11-24(17-26)10-9-19-5-3-4-6-20(19)23(27)25-24/h3-8,15H,9-14,16-17H2,1-2H3,(H,25,27)/t24-/m0/s1. The molecule has 160 valence electrons. The molecule has 1 amide bonds. The van der Waals surface area contributed by atoms with Crippen LogP contribution >= 0.6 is 0 Å². The first-order chi connectivity index (χ1) is 14.6. The maximum atomic E-state index is 12.8. The molecular formula is C24H30N2O4. The second-order valence-corrected chi connectivity index (χ2v) is 8.18. The highest BCUT2D eigenvalue weighted by Crippen LogP contribution is 2.33. The Bertz CT molecular complexity index is 901. The molecule has 0 radical (unpaired) electrons. The summed E-state index contributed by atoms with van der Waals surface area (Å²) in [5, 5.41) is 3.35. The van der Waals surface area contributed by atoms with Crippen molar-refractivity contribution in [3.8, 4) is 11.5 Å². The van der Waals surface area contributed by atoms with E-state index in [4.69, 9.17) is 14.2 Å². The molecule has 30 heavy (non-hydrogen) atoms. The minimum Gasteiger partial charge on any atom is -0.493 e. The largest absolute Gasteiger partial charge is 0.493 e. The molecule has 1 spiro atoms. The van der Waals surface area contributed by atoms with Crippen molar-refractivity contribution in [3.05, 3.63) is 59.2 Å². The number of methoxy groups -OCH3 is 2. The Balaban J connectivity index is 1.41. The summed E-state index contributed by atoms with van der Waals surface area (Å²) in [7, 11) is 3.31. The lowest BCUT2D eigenvalue weighted by Gasteiger charge is -2.29. The predicted octanol–water partition coefficient (Wildman–Crippen LogP) is 3.04. The van der Waals surface area contributed by atoms with Gasteiger partial charge in [-0.1, -0.05) is 24.3 Å². The van der Waals surface area contributed by atoms with Gasteiger partial charge in [-0.3, -0.25) is 9.69 Å². The number of rotatable bonds is 7. The van der Waals surface area contributed by atoms with Gasteiger partial charge in [-0.2, -0.15) is 0 Å². The number of nitrogens with zero attached hydrogens (tertiary/aromatic N) is 1. The number of benzene rings is 2. The van der Waals surface area contributed by atoms with Gasteiger partial charge in [0.1, 0.15) is 6.61 Å². The van der Waals surface area contributed by atoms with Crippen LogP contribution in [0, 0.1) is 0 Å². The minimum absolute atomic E-state index is 0.0594. The van der Waals surface area contributed by atoms with E-state index in [2.05, 4.69) is 22.3 Å². The quantitative estimate of drug-likeness (QED) is 0.711. The molecule has 1 saturated heterocycles. The van der Waals surface area contributed by atoms with E-state index in [1.54, 1.807) is 14.2 Å². The van der Waals surface area contributed by atoms with Crippen LogP contribution in [0.4, 0.5) is 0 Å². The fourth-order valence-electron chi connectivity index (χ4n) is 4.53. The number of aryl methyl sites for hydroxylation is 1. The zero-order chi connectivity index (χ0) is 21.0. The van der Waals surface area contributed by atoms with Gasteiger partial charge < -0.3 is 19.5 Å². The number of carbonyl (C=O) groups is 1. The van der Waals surface area contributed by atoms with E-state index in [-0.39, 0.29) is 11.4 Å². The molecule has 1 N–H and O–H groups in total. The van der Waals surface area contributed by atoms with Crippen LogP contribution < -0.4 is 14.8 Å². The maximum Gasteiger partial charge on any atom is 0.252 e. The normalized spacial score (nSPS) is 21.2. The third kappa shape index (κ3) is 4.45. The van der Waals surface area contributed by atoms with Crippen LogP contribution in [-0.2, 0) is 17.7 Å². The first kappa shape index (κ1) is 20.7. The summed E-state index contributed by atoms with van der Waals surface area (Å²) < 4.78 is 16.3. The highest BCUT2D eigenvalue weighted by molar-refractivity contribution is 5.96. The molecule has 0 unspecified atom stereocenters. The van der Waals surface area contributed by atoms with E-state index in [1.807, 2.05) is 30.3 Å². The summed E-state index contributed by atoms with van der Waals surface area (Å²) in [6.45, 7) is 3.67. The second-order valence-electron chi connectivity index (χ2n) is 8.18. The molecule has 6 heteroatoms. The average Bonchev–Trinajstić information content (AvgIpc) is 3.09. The molecule has 4 rings (SSSR count). The summed E-state index contributed by atoms with van der Waals surface area (Å²) in [5.74, 6) is 1.52. The van der Waals surface area contributed by atoms with Gasteiger partial charge in [0, 0.05) is 32.3 Å². The third-order valence-corrected chi connectivity index (χ3v) is 6.13. The first-order valence-corrected chi connectivity index (χ1v) is 10.5. The van der Waals surface area contributed by atoms with Crippen molar-refractivity contribution in [3.63, 3.8) is 0 Å². The fourth-order valence-corrected chi connectivity index (χ4v) is 4.53. The summed E-state index contributed by atoms with van der Waals surface area (Å²) in [6.07, 6.45) is 2.88. The fraction of sp³-hybridized carbons (Fsp3) is 0.458. The number of nitrogens with one attached hydrogen (secondary N) is 1. The topological polar surface area (TPSA) is 60.0 Å². The van der Waals surface area contributed by atoms with Crippen LogP contribution in [-0.4, -0.2) is 56.9 Å². The Hall–Kier alpha value is -2.57. The molecule has 2 heterocycles. The highest BCUT2D eigenvalue weighted by Gasteiger charge is 2.41. The summed E-state index contributed by atoms with van der Waals surface area (Å²) in [4.78, 5) is 15.2. The Labute approximate surface area is 178 Å². The molecule has 2 aromatic rings. The van der Waals surface area contributed by atoms with Gasteiger partial charge in [0.05, 0.1) is 19.3 Å². The van der Waals surface area contributed by atoms with Crippen molar-refractivity contribution >= 4 is 5.91 Å². The molecule has 0 bridgehead atoms. The number of amides is 1. The van der Waals surface area contributed by atoms with Gasteiger partial charge in [0.15, 0.2) is 11.5 Å². The van der Waals surface area contributed by atoms with Crippen LogP contribution in [0.5, 0.6) is 11.5 Å². The van der Waals surface area contributed by atoms with Crippen LogP contribution in [0.15, 0.2) is 42.5 Å². The average molecular weight is 411 g/mol. The molecule has 2 aliphatic heterocycles. The van der Waals surface area contributed by atoms with Gasteiger partial charge in [-0.15, -0.1) is 0 Å². The lowest BCUT2D eigenvalue weighted by atomic mass is 9.91. The maximum absolute atomic E-state index is 12.8. The van der Waals surface area contributed by atoms with Crippen molar-refractivity contribution in [2.45, 2.75) is 31.3 Å². The van der Waals surface area contributed by atoms with E-state index in [0.717, 1.165) is 61.5 Å². The van der Waals surface area contributed by atoms with Crippen molar-refractivity contribution in [2.75, 3.05) is 40.5 Å². The predicted molar refractivity (Wildman–Crippen MR) is 115 cm³/mol. The van der Waals surface area contributed by atoms with Crippen LogP contribution in [0.25, 0.3) is 0 Å². The molecule has 1 fully saturated rings. The Morgan fingerprint density at radius 3 is 2.77 bits per heavy atom. The smallest absolute Gasteiger partial charge is 0.252 e. The number of likely N-dealkylation sites (tertiary alicyclic amines) is 1. The number of carbonyl (C=O) groups excluding carboxylic acids is 1. The summed E-state index contributed by atoms with van der Waals surface area (Å²) in [5.41, 5.74) is 3.00. The zero-order valence-corrected chi connectivity index (χ0v) is 17.8. The van der Waals surface area contributed by atoms with Gasteiger partial charge >= 0.3 is 0 Å². The van der Waals surface area contributed by atoms with E-state index >= 15 is 0 Å². The van der Waals surface area contributed by atoms with E-state index in [9.17, 15) is 4.79 Å². The zero-order valence-electron chi connectivity index (χ0n) is 17.8. The van der Waals surface area contributed by atoms with Crippen molar-refractivity contribution in [2.24, 2.45) is 0 Å². The van der Waals surface area contributed by atoms with Gasteiger partial charge in [-0.25, -0.2) is 0 Å². The van der Waals surface area contributed by atoms with Crippen molar-refractivity contribution in [1.29, 1.82) is 0 Å². The molecular weight excluding hydrogens is 380 g/mol. The first-order valence-electron chi connectivity index (χ1n) is 10.5. The number of hydrogen-bond donors (Lipinski definition) is 1. The lowest BCUT2D eigenvalue weighted by Crippen LogP contribution is -2.49. The second kappa shape index (κ2) is 9.06. The SMILES string of the molecule is COCCOc1ccc(CN2CC[C@@]3(CCc4ccccc4C(=O)N3)C2)cc1OC. The Kier molecular flexibility index (Phi) is 6.25. The van der Waals surface area contributed by atoms with Crippen LogP contribution in [0.1, 0.15) is 34.3 Å². The Morgan fingerprint density at radius 2 is 1.93 bits per heavy atom. The number of ether oxygens (including phenoxy) is 3. The lowest BCUT2D eigenvalue weighted by molar-refractivity contribution is 0.0902. The molecule has 0 aliphatic carbocycles. The van der Waals surface area contributed by atoms with Gasteiger partial charge in [-0.05, 0) is 48.6 Å². The van der Waals surface area contributed by atoms with Crippen molar-refractivity contribution < 1.29 is 19.0 Å². The van der Waals surface area contributed by atoms with Crippen LogP contribution in [0.2, 0.25) is 0 Å². The van der Waals surface area contributed by atoms with E-state index in [0.29, 0.717) is 13.2 Å². The van der Waals surface area contributed by atoms with E-state index in [1.165, 1.54) is 5.56 Å². The highest BCUT2D eigenvalue weighted by atomic mass is 16.5. The monoisotopic (exact) mass is 410 g/mol. The molecule has 2 aromatic carbocycles. The van der Waals surface area contributed by atoms with E-state index < -0.39 is 0 Å². The molecule has 6 nitrogen and oxygen atoms in total. The van der Waals surface area contributed by atoms with Crippen molar-refractivity contribution in [1.82, 2.24) is 10.2 Å². The minimum atomic E-state index is -0.149. The number of fused-ring (bicyclic) bond motifs is 1. The number of hydrogen-bond acceptors (Lipinski definition) is 5. The third-order valence-electron chi connectivity index (χ3n) is 6.13. The van der Waals surface area contributed by atoms with Gasteiger partial charge in [0.2, 0.25) is 0 Å². The molecule has 1 atom stereocenters. The van der Waals surface area contributed by atoms with Gasteiger partial charge in [0.25, 0.3) is 5.91 Å². The molecule has 0 aromatic heterocycles. The summed E-state index contributed by atoms with van der Waals surface area (Å²) >= 11 is 0. The molecule has 0 saturated carbocycles. The van der Waals surface area contributed by atoms with Crippen LogP contribution in [0.3, 0.4) is 0 Å². The summed E-state index contributed by atoms with van der Waals surface area (Å²) in [6, 6.07) is 14.0. The Morgan fingerprint density at radius 1 is 1.07 bits per heavy atom.